The Kier molecular flexibility index (Phi) is 8.19. The van der Waals surface area contributed by atoms with Gasteiger partial charge in [-0.25, -0.2) is 17.6 Å². The highest BCUT2D eigenvalue weighted by Gasteiger charge is 2.17. The number of nitrogens with zero attached hydrogens (tertiary/aromatic N) is 1. The van der Waals surface area contributed by atoms with Gasteiger partial charge in [0.2, 0.25) is 0 Å². The molecule has 0 aliphatic rings. The van der Waals surface area contributed by atoms with E-state index in [1.807, 2.05) is 19.9 Å². The van der Waals surface area contributed by atoms with Crippen LogP contribution >= 0.6 is 0 Å². The summed E-state index contributed by atoms with van der Waals surface area (Å²) in [5.41, 5.74) is 3.90. The summed E-state index contributed by atoms with van der Waals surface area (Å²) in [6.07, 6.45) is 5.51. The molecule has 0 aliphatic carbocycles. The third kappa shape index (κ3) is 5.51. The van der Waals surface area contributed by atoms with Crippen molar-refractivity contribution in [3.05, 3.63) is 112 Å². The topological polar surface area (TPSA) is 12.9 Å². The SMILES string of the molecule is CCCCc1ccc(-c2ccc(CCc3ccc(-c4ccc(CC)cn4)c(F)c3F)cc2)c(F)c1F. The number of rotatable bonds is 9. The average Bonchev–Trinajstić information content (AvgIpc) is 2.91. The van der Waals surface area contributed by atoms with E-state index in [0.29, 0.717) is 36.1 Å². The van der Waals surface area contributed by atoms with Crippen LogP contribution in [-0.2, 0) is 25.7 Å². The first-order chi connectivity index (χ1) is 17.4. The fourth-order valence-electron chi connectivity index (χ4n) is 4.28. The molecule has 0 aliphatic heterocycles. The number of halogens is 4. The van der Waals surface area contributed by atoms with Gasteiger partial charge < -0.3 is 0 Å². The number of benzene rings is 3. The van der Waals surface area contributed by atoms with Gasteiger partial charge in [-0.05, 0) is 72.1 Å². The smallest absolute Gasteiger partial charge is 0.168 e. The van der Waals surface area contributed by atoms with Gasteiger partial charge in [-0.3, -0.25) is 4.98 Å². The zero-order chi connectivity index (χ0) is 25.7. The van der Waals surface area contributed by atoms with E-state index in [9.17, 15) is 17.6 Å². The highest BCUT2D eigenvalue weighted by atomic mass is 19.2. The van der Waals surface area contributed by atoms with E-state index in [2.05, 4.69) is 4.98 Å². The van der Waals surface area contributed by atoms with Crippen molar-refractivity contribution in [2.24, 2.45) is 0 Å². The molecule has 0 amide bonds. The van der Waals surface area contributed by atoms with Crippen LogP contribution in [0, 0.1) is 23.3 Å². The summed E-state index contributed by atoms with van der Waals surface area (Å²) < 4.78 is 58.7. The molecule has 1 nitrogen and oxygen atoms in total. The molecule has 0 saturated heterocycles. The number of pyridine rings is 1. The molecule has 36 heavy (non-hydrogen) atoms. The zero-order valence-corrected chi connectivity index (χ0v) is 20.6. The minimum Gasteiger partial charge on any atom is -0.256 e. The molecule has 0 saturated carbocycles. The molecule has 0 N–H and O–H groups in total. The average molecular weight is 492 g/mol. The Morgan fingerprint density at radius 2 is 1.19 bits per heavy atom. The maximum absolute atomic E-state index is 14.8. The van der Waals surface area contributed by atoms with E-state index in [1.165, 1.54) is 0 Å². The van der Waals surface area contributed by atoms with Crippen LogP contribution in [0.1, 0.15) is 48.9 Å². The van der Waals surface area contributed by atoms with Crippen LogP contribution in [0.2, 0.25) is 0 Å². The Balaban J connectivity index is 1.46. The largest absolute Gasteiger partial charge is 0.256 e. The van der Waals surface area contributed by atoms with Gasteiger partial charge in [0.25, 0.3) is 0 Å². The van der Waals surface area contributed by atoms with Crippen LogP contribution in [0.4, 0.5) is 17.6 Å². The summed E-state index contributed by atoms with van der Waals surface area (Å²) >= 11 is 0. The highest BCUT2D eigenvalue weighted by molar-refractivity contribution is 5.65. The minimum absolute atomic E-state index is 0.137. The maximum atomic E-state index is 14.8. The molecule has 5 heteroatoms. The van der Waals surface area contributed by atoms with Crippen LogP contribution in [0.5, 0.6) is 0 Å². The van der Waals surface area contributed by atoms with Crippen LogP contribution < -0.4 is 0 Å². The lowest BCUT2D eigenvalue weighted by Crippen LogP contribution is -2.01. The monoisotopic (exact) mass is 491 g/mol. The molecule has 0 bridgehead atoms. The van der Waals surface area contributed by atoms with E-state index in [1.54, 1.807) is 60.8 Å². The van der Waals surface area contributed by atoms with Crippen molar-refractivity contribution >= 4 is 0 Å². The summed E-state index contributed by atoms with van der Waals surface area (Å²) in [5.74, 6) is -3.40. The predicted molar refractivity (Wildman–Crippen MR) is 137 cm³/mol. The van der Waals surface area contributed by atoms with Gasteiger partial charge in [-0.15, -0.1) is 0 Å². The molecular weight excluding hydrogens is 462 g/mol. The Hall–Kier alpha value is -3.47. The summed E-state index contributed by atoms with van der Waals surface area (Å²) in [5, 5.41) is 0. The van der Waals surface area contributed by atoms with Crippen LogP contribution in [-0.4, -0.2) is 4.98 Å². The highest BCUT2D eigenvalue weighted by Crippen LogP contribution is 2.29. The number of aryl methyl sites for hydroxylation is 4. The first kappa shape index (κ1) is 25.6. The van der Waals surface area contributed by atoms with E-state index in [4.69, 9.17) is 0 Å². The quantitative estimate of drug-likeness (QED) is 0.214. The summed E-state index contributed by atoms with van der Waals surface area (Å²) in [7, 11) is 0. The second-order valence-corrected chi connectivity index (χ2v) is 9.01. The predicted octanol–water partition coefficient (Wildman–Crippen LogP) is 8.66. The first-order valence-corrected chi connectivity index (χ1v) is 12.4. The molecule has 0 spiro atoms. The molecule has 1 heterocycles. The molecule has 4 aromatic rings. The minimum atomic E-state index is -0.903. The van der Waals surface area contributed by atoms with Crippen LogP contribution in [0.25, 0.3) is 22.4 Å². The number of unbranched alkanes of at least 4 members (excludes halogenated alkanes) is 1. The Labute approximate surface area is 209 Å². The van der Waals surface area contributed by atoms with E-state index < -0.39 is 23.3 Å². The van der Waals surface area contributed by atoms with Crippen molar-refractivity contribution in [1.29, 1.82) is 0 Å². The molecule has 0 radical (unpaired) electrons. The molecule has 0 atom stereocenters. The number of aromatic nitrogens is 1. The second kappa shape index (κ2) is 11.5. The second-order valence-electron chi connectivity index (χ2n) is 9.01. The summed E-state index contributed by atoms with van der Waals surface area (Å²) in [4.78, 5) is 4.25. The molecule has 3 aromatic carbocycles. The Bertz CT molecular complexity index is 1330. The van der Waals surface area contributed by atoms with Gasteiger partial charge in [0.05, 0.1) is 5.69 Å². The zero-order valence-electron chi connectivity index (χ0n) is 20.6. The maximum Gasteiger partial charge on any atom is 0.168 e. The van der Waals surface area contributed by atoms with Crippen molar-refractivity contribution in [2.75, 3.05) is 0 Å². The van der Waals surface area contributed by atoms with Crippen LogP contribution in [0.3, 0.4) is 0 Å². The summed E-state index contributed by atoms with van der Waals surface area (Å²) in [6, 6.07) is 17.0. The van der Waals surface area contributed by atoms with Gasteiger partial charge >= 0.3 is 0 Å². The van der Waals surface area contributed by atoms with Gasteiger partial charge in [-0.1, -0.05) is 68.8 Å². The van der Waals surface area contributed by atoms with Crippen LogP contribution in [0.15, 0.2) is 66.9 Å². The molecule has 0 fully saturated rings. The fourth-order valence-corrected chi connectivity index (χ4v) is 4.28. The lowest BCUT2D eigenvalue weighted by Gasteiger charge is -2.11. The molecule has 0 unspecified atom stereocenters. The molecular formula is C31H29F4N. The number of hydrogen-bond donors (Lipinski definition) is 0. The third-order valence-electron chi connectivity index (χ3n) is 6.58. The van der Waals surface area contributed by atoms with Crippen molar-refractivity contribution in [3.63, 3.8) is 0 Å². The van der Waals surface area contributed by atoms with Crippen molar-refractivity contribution in [1.82, 2.24) is 4.98 Å². The van der Waals surface area contributed by atoms with Gasteiger partial charge in [-0.2, -0.15) is 0 Å². The Morgan fingerprint density at radius 3 is 1.81 bits per heavy atom. The number of hydrogen-bond acceptors (Lipinski definition) is 1. The van der Waals surface area contributed by atoms with Crippen molar-refractivity contribution < 1.29 is 17.6 Å². The standard InChI is InChI=1S/C31H29F4N/c1-3-5-6-23-14-16-25(30(34)28(23)32)22-11-7-21(8-12-22)9-13-24-15-17-26(31(35)29(24)33)27-18-10-20(4-2)19-36-27/h7-8,10-12,14-19H,3-6,9,13H2,1-2H3. The molecule has 4 rings (SSSR count). The lowest BCUT2D eigenvalue weighted by atomic mass is 9.97. The van der Waals surface area contributed by atoms with Gasteiger partial charge in [0.15, 0.2) is 23.3 Å². The van der Waals surface area contributed by atoms with Crippen molar-refractivity contribution in [2.45, 2.75) is 52.4 Å². The van der Waals surface area contributed by atoms with Gasteiger partial charge in [0.1, 0.15) is 0 Å². The molecule has 186 valence electrons. The normalized spacial score (nSPS) is 11.2. The van der Waals surface area contributed by atoms with E-state index >= 15 is 0 Å². The van der Waals surface area contributed by atoms with E-state index in [-0.39, 0.29) is 16.7 Å². The summed E-state index contributed by atoms with van der Waals surface area (Å²) in [6.45, 7) is 4.01. The van der Waals surface area contributed by atoms with Crippen molar-refractivity contribution in [3.8, 4) is 22.4 Å². The lowest BCUT2D eigenvalue weighted by molar-refractivity contribution is 0.499. The molecule has 1 aromatic heterocycles. The van der Waals surface area contributed by atoms with Gasteiger partial charge in [0, 0.05) is 17.3 Å². The first-order valence-electron chi connectivity index (χ1n) is 12.4. The Morgan fingerprint density at radius 1 is 0.583 bits per heavy atom. The van der Waals surface area contributed by atoms with E-state index in [0.717, 1.165) is 30.4 Å². The third-order valence-corrected chi connectivity index (χ3v) is 6.58. The fraction of sp³-hybridized carbons (Fsp3) is 0.258.